The molecule has 11 heteroatoms. The Balaban J connectivity index is 0.000000451. The zero-order valence-corrected chi connectivity index (χ0v) is 18.0. The molecule has 0 saturated heterocycles. The molecule has 1 aliphatic heterocycles. The summed E-state index contributed by atoms with van der Waals surface area (Å²) in [5, 5.41) is 9.96. The van der Waals surface area contributed by atoms with Crippen LogP contribution in [0.15, 0.2) is 28.7 Å². The van der Waals surface area contributed by atoms with Gasteiger partial charge in [-0.05, 0) is 25.0 Å². The summed E-state index contributed by atoms with van der Waals surface area (Å²) in [5.41, 5.74) is 3.48. The highest BCUT2D eigenvalue weighted by Crippen LogP contribution is 2.22. The maximum Gasteiger partial charge on any atom is 0.490 e. The molecule has 0 fully saturated rings. The average molecular weight is 457 g/mol. The minimum Gasteiger partial charge on any atom is -0.475 e. The summed E-state index contributed by atoms with van der Waals surface area (Å²) in [6.45, 7) is 6.95. The Morgan fingerprint density at radius 2 is 2.00 bits per heavy atom. The van der Waals surface area contributed by atoms with E-state index < -0.39 is 12.1 Å². The number of halogens is 3. The van der Waals surface area contributed by atoms with Gasteiger partial charge in [-0.2, -0.15) is 13.2 Å². The van der Waals surface area contributed by atoms with Crippen LogP contribution in [0.5, 0.6) is 0 Å². The van der Waals surface area contributed by atoms with Crippen molar-refractivity contribution in [2.45, 2.75) is 45.6 Å². The number of aromatic nitrogens is 1. The van der Waals surface area contributed by atoms with E-state index in [1.54, 1.807) is 7.11 Å². The number of alkyl halides is 3. The number of aryl methyl sites for hydroxylation is 1. The van der Waals surface area contributed by atoms with Crippen LogP contribution in [0.25, 0.3) is 0 Å². The van der Waals surface area contributed by atoms with Crippen LogP contribution in [0.3, 0.4) is 0 Å². The van der Waals surface area contributed by atoms with E-state index >= 15 is 0 Å². The van der Waals surface area contributed by atoms with E-state index in [0.717, 1.165) is 31.0 Å². The number of amides is 1. The van der Waals surface area contributed by atoms with E-state index in [1.165, 1.54) is 11.1 Å². The van der Waals surface area contributed by atoms with Gasteiger partial charge in [0.15, 0.2) is 0 Å². The van der Waals surface area contributed by atoms with Gasteiger partial charge >= 0.3 is 18.1 Å². The van der Waals surface area contributed by atoms with E-state index in [2.05, 4.69) is 46.4 Å². The van der Waals surface area contributed by atoms with Gasteiger partial charge in [0.25, 0.3) is 5.89 Å². The molecule has 2 heterocycles. The Labute approximate surface area is 183 Å². The van der Waals surface area contributed by atoms with E-state index in [1.807, 2.05) is 6.92 Å². The third-order valence-electron chi connectivity index (χ3n) is 4.69. The lowest BCUT2D eigenvalue weighted by Gasteiger charge is -2.25. The van der Waals surface area contributed by atoms with Crippen LogP contribution < -0.4 is 5.32 Å². The first kappa shape index (κ1) is 25.3. The number of rotatable bonds is 6. The largest absolute Gasteiger partial charge is 0.490 e. The van der Waals surface area contributed by atoms with Gasteiger partial charge in [-0.3, -0.25) is 9.69 Å². The Hall–Kier alpha value is -2.92. The number of hydrogen-bond acceptors (Lipinski definition) is 6. The normalized spacial score (nSPS) is 14.7. The molecule has 0 spiro atoms. The van der Waals surface area contributed by atoms with Crippen LogP contribution in [-0.4, -0.2) is 59.3 Å². The van der Waals surface area contributed by atoms with E-state index in [4.69, 9.17) is 19.1 Å². The van der Waals surface area contributed by atoms with Crippen molar-refractivity contribution in [3.63, 3.8) is 0 Å². The van der Waals surface area contributed by atoms with Gasteiger partial charge in [0.05, 0.1) is 12.3 Å². The molecular formula is C21H26F3N3O5. The average Bonchev–Trinajstić information content (AvgIpc) is 3.13. The highest BCUT2D eigenvalue weighted by molar-refractivity contribution is 5.89. The molecule has 0 saturated carbocycles. The number of nitrogens with one attached hydrogen (secondary N) is 1. The van der Waals surface area contributed by atoms with Crippen LogP contribution in [0.2, 0.25) is 0 Å². The maximum atomic E-state index is 12.2. The van der Waals surface area contributed by atoms with Crippen LogP contribution in [-0.2, 0) is 29.0 Å². The number of nitrogens with zero attached hydrogens (tertiary/aromatic N) is 2. The number of carbonyl (C=O) groups is 2. The lowest BCUT2D eigenvalue weighted by atomic mass is 10.1. The van der Waals surface area contributed by atoms with Gasteiger partial charge in [0.1, 0.15) is 5.76 Å². The van der Waals surface area contributed by atoms with Crippen molar-refractivity contribution >= 4 is 11.9 Å². The fourth-order valence-electron chi connectivity index (χ4n) is 3.09. The van der Waals surface area contributed by atoms with Crippen LogP contribution >= 0.6 is 0 Å². The minimum atomic E-state index is -5.08. The first-order chi connectivity index (χ1) is 15.0. The summed E-state index contributed by atoms with van der Waals surface area (Å²) in [5.74, 6) is -2.08. The molecule has 1 atom stereocenters. The van der Waals surface area contributed by atoms with E-state index in [0.29, 0.717) is 13.2 Å². The number of aliphatic carboxylic acids is 1. The number of ether oxygens (including phenoxy) is 1. The van der Waals surface area contributed by atoms with Crippen LogP contribution in [0, 0.1) is 6.92 Å². The summed E-state index contributed by atoms with van der Waals surface area (Å²) >= 11 is 0. The third-order valence-corrected chi connectivity index (χ3v) is 4.69. The quantitative estimate of drug-likeness (QED) is 0.687. The molecular weight excluding hydrogens is 431 g/mol. The van der Waals surface area contributed by atoms with Crippen molar-refractivity contribution < 1.29 is 37.0 Å². The predicted octanol–water partition coefficient (Wildman–Crippen LogP) is 2.94. The zero-order valence-electron chi connectivity index (χ0n) is 18.0. The number of carboxylic acid groups (broad SMARTS) is 1. The maximum absolute atomic E-state index is 12.2. The van der Waals surface area contributed by atoms with Crippen molar-refractivity contribution in [3.05, 3.63) is 52.7 Å². The number of methoxy groups -OCH3 is 1. The Kier molecular flexibility index (Phi) is 8.79. The molecule has 3 rings (SSSR count). The fourth-order valence-corrected chi connectivity index (χ4v) is 3.09. The molecule has 0 aliphatic carbocycles. The summed E-state index contributed by atoms with van der Waals surface area (Å²) in [7, 11) is 1.61. The van der Waals surface area contributed by atoms with Crippen LogP contribution in [0.1, 0.15) is 40.2 Å². The SMILES string of the molecule is COC[C@H](C)NC(=O)c1nc2c(o1)CCN(Cc1ccccc1C)C2.O=C(O)C(F)(F)F. The Bertz CT molecular complexity index is 930. The first-order valence-corrected chi connectivity index (χ1v) is 9.86. The molecule has 0 radical (unpaired) electrons. The van der Waals surface area contributed by atoms with Gasteiger partial charge in [-0.15, -0.1) is 0 Å². The number of carboxylic acids is 1. The lowest BCUT2D eigenvalue weighted by molar-refractivity contribution is -0.192. The number of fused-ring (bicyclic) bond motifs is 1. The van der Waals surface area contributed by atoms with E-state index in [-0.39, 0.29) is 17.8 Å². The van der Waals surface area contributed by atoms with Gasteiger partial charge < -0.3 is 19.6 Å². The number of carbonyl (C=O) groups excluding carboxylic acids is 1. The minimum absolute atomic E-state index is 0.0843. The number of benzene rings is 1. The van der Waals surface area contributed by atoms with Gasteiger partial charge in [0.2, 0.25) is 0 Å². The zero-order chi connectivity index (χ0) is 23.9. The highest BCUT2D eigenvalue weighted by Gasteiger charge is 2.38. The van der Waals surface area contributed by atoms with Crippen molar-refractivity contribution in [1.82, 2.24) is 15.2 Å². The fraction of sp³-hybridized carbons (Fsp3) is 0.476. The van der Waals surface area contributed by atoms with Gasteiger partial charge in [0, 0.05) is 39.2 Å². The van der Waals surface area contributed by atoms with Crippen molar-refractivity contribution in [1.29, 1.82) is 0 Å². The van der Waals surface area contributed by atoms with Crippen molar-refractivity contribution in [3.8, 4) is 0 Å². The third kappa shape index (κ3) is 7.34. The molecule has 0 unspecified atom stereocenters. The Morgan fingerprint density at radius 1 is 1.34 bits per heavy atom. The molecule has 2 aromatic rings. The summed E-state index contributed by atoms with van der Waals surface area (Å²) < 4.78 is 42.4. The van der Waals surface area contributed by atoms with Crippen LogP contribution in [0.4, 0.5) is 13.2 Å². The van der Waals surface area contributed by atoms with E-state index in [9.17, 15) is 18.0 Å². The standard InChI is InChI=1S/C19H25N3O3.C2HF3O2/c1-13-6-4-5-7-15(13)10-22-9-8-17-16(11-22)21-19(25-17)18(23)20-14(2)12-24-3;3-2(4,5)1(6)7/h4-7,14H,8-12H2,1-3H3,(H,20,23);(H,6,7)/t14-;/m0./s1. The second-order valence-electron chi connectivity index (χ2n) is 7.41. The topological polar surface area (TPSA) is 105 Å². The highest BCUT2D eigenvalue weighted by atomic mass is 19.4. The predicted molar refractivity (Wildman–Crippen MR) is 108 cm³/mol. The lowest BCUT2D eigenvalue weighted by Crippen LogP contribution is -2.35. The molecule has 176 valence electrons. The smallest absolute Gasteiger partial charge is 0.475 e. The summed E-state index contributed by atoms with van der Waals surface area (Å²) in [6.07, 6.45) is -4.31. The van der Waals surface area contributed by atoms with Crippen molar-refractivity contribution in [2.24, 2.45) is 0 Å². The molecule has 32 heavy (non-hydrogen) atoms. The molecule has 0 bridgehead atoms. The monoisotopic (exact) mass is 457 g/mol. The van der Waals surface area contributed by atoms with Gasteiger partial charge in [-0.25, -0.2) is 9.78 Å². The molecule has 8 nitrogen and oxygen atoms in total. The second-order valence-corrected chi connectivity index (χ2v) is 7.41. The molecule has 1 aromatic carbocycles. The van der Waals surface area contributed by atoms with Gasteiger partial charge in [-0.1, -0.05) is 24.3 Å². The van der Waals surface area contributed by atoms with Crippen molar-refractivity contribution in [2.75, 3.05) is 20.3 Å². The number of oxazole rings is 1. The first-order valence-electron chi connectivity index (χ1n) is 9.86. The Morgan fingerprint density at radius 3 is 2.59 bits per heavy atom. The summed E-state index contributed by atoms with van der Waals surface area (Å²) in [6, 6.07) is 8.32. The molecule has 1 amide bonds. The molecule has 2 N–H and O–H groups in total. The molecule has 1 aliphatic rings. The second kappa shape index (κ2) is 11.1. The number of hydrogen-bond donors (Lipinski definition) is 2. The summed E-state index contributed by atoms with van der Waals surface area (Å²) in [4.78, 5) is 27.9. The molecule has 1 aromatic heterocycles.